The normalized spacial score (nSPS) is 22.9. The lowest BCUT2D eigenvalue weighted by Crippen LogP contribution is -2.47. The van der Waals surface area contributed by atoms with Crippen LogP contribution in [0.5, 0.6) is 0 Å². The van der Waals surface area contributed by atoms with Crippen LogP contribution in [-0.2, 0) is 0 Å². The minimum absolute atomic E-state index is 0.237. The van der Waals surface area contributed by atoms with Crippen molar-refractivity contribution in [1.82, 2.24) is 4.98 Å². The predicted molar refractivity (Wildman–Crippen MR) is 80.7 cm³/mol. The second-order valence-corrected chi connectivity index (χ2v) is 5.57. The molecule has 0 spiro atoms. The number of hydrogen-bond donors (Lipinski definition) is 2. The van der Waals surface area contributed by atoms with E-state index >= 15 is 0 Å². The van der Waals surface area contributed by atoms with Gasteiger partial charge in [-0.3, -0.25) is 4.79 Å². The molecule has 2 atom stereocenters. The summed E-state index contributed by atoms with van der Waals surface area (Å²) >= 11 is 0. The second-order valence-electron chi connectivity index (χ2n) is 5.57. The summed E-state index contributed by atoms with van der Waals surface area (Å²) in [6.45, 7) is 5.60. The van der Waals surface area contributed by atoms with E-state index in [0.717, 1.165) is 25.1 Å². The van der Waals surface area contributed by atoms with Gasteiger partial charge in [0.15, 0.2) is 0 Å². The zero-order chi connectivity index (χ0) is 14.7. The Morgan fingerprint density at radius 2 is 2.25 bits per heavy atom. The van der Waals surface area contributed by atoms with Crippen molar-refractivity contribution in [1.29, 1.82) is 0 Å². The van der Waals surface area contributed by atoms with Crippen LogP contribution < -0.4 is 16.4 Å². The highest BCUT2D eigenvalue weighted by atomic mass is 16.1. The average Bonchev–Trinajstić information content (AvgIpc) is 2.46. The van der Waals surface area contributed by atoms with Crippen LogP contribution in [0.3, 0.4) is 0 Å². The number of nitrogens with zero attached hydrogens (tertiary/aromatic N) is 2. The van der Waals surface area contributed by atoms with Crippen molar-refractivity contribution in [3.63, 3.8) is 0 Å². The molecule has 1 aliphatic heterocycles. The molecule has 0 aromatic carbocycles. The highest BCUT2D eigenvalue weighted by Crippen LogP contribution is 2.30. The molecule has 2 rings (SSSR count). The summed E-state index contributed by atoms with van der Waals surface area (Å²) in [4.78, 5) is 18.3. The van der Waals surface area contributed by atoms with Crippen LogP contribution in [0.1, 0.15) is 42.2 Å². The zero-order valence-electron chi connectivity index (χ0n) is 12.3. The Morgan fingerprint density at radius 1 is 1.50 bits per heavy atom. The maximum Gasteiger partial charge on any atom is 0.252 e. The third-order valence-electron chi connectivity index (χ3n) is 4.23. The van der Waals surface area contributed by atoms with E-state index in [1.165, 1.54) is 6.42 Å². The molecule has 110 valence electrons. The first-order valence-corrected chi connectivity index (χ1v) is 7.31. The van der Waals surface area contributed by atoms with Gasteiger partial charge in [0.25, 0.3) is 5.91 Å². The molecule has 5 nitrogen and oxygen atoms in total. The molecule has 20 heavy (non-hydrogen) atoms. The maximum absolute atomic E-state index is 11.6. The number of anilines is 1. The molecule has 0 bridgehead atoms. The summed E-state index contributed by atoms with van der Waals surface area (Å²) in [7, 11) is 0. The van der Waals surface area contributed by atoms with Crippen molar-refractivity contribution in [2.45, 2.75) is 39.2 Å². The lowest BCUT2D eigenvalue weighted by atomic mass is 9.88. The first-order chi connectivity index (χ1) is 9.56. The minimum atomic E-state index is -0.430. The number of piperidine rings is 1. The first kappa shape index (κ1) is 14.8. The van der Waals surface area contributed by atoms with E-state index in [1.807, 2.05) is 13.0 Å². The summed E-state index contributed by atoms with van der Waals surface area (Å²) in [5.41, 5.74) is 12.8. The molecule has 0 aliphatic carbocycles. The van der Waals surface area contributed by atoms with Gasteiger partial charge in [-0.2, -0.15) is 0 Å². The third kappa shape index (κ3) is 2.93. The van der Waals surface area contributed by atoms with Gasteiger partial charge in [-0.05, 0) is 37.8 Å². The van der Waals surface area contributed by atoms with Crippen LogP contribution in [0.2, 0.25) is 0 Å². The molecule has 1 saturated heterocycles. The Kier molecular flexibility index (Phi) is 4.60. The number of primary amides is 1. The van der Waals surface area contributed by atoms with Gasteiger partial charge in [-0.1, -0.05) is 13.3 Å². The van der Waals surface area contributed by atoms with Crippen molar-refractivity contribution < 1.29 is 4.79 Å². The Morgan fingerprint density at radius 3 is 2.85 bits per heavy atom. The summed E-state index contributed by atoms with van der Waals surface area (Å²) in [6.07, 6.45) is 3.34. The van der Waals surface area contributed by atoms with E-state index in [4.69, 9.17) is 11.5 Å². The second kappa shape index (κ2) is 6.22. The lowest BCUT2D eigenvalue weighted by Gasteiger charge is -2.40. The van der Waals surface area contributed by atoms with Crippen LogP contribution in [0.15, 0.2) is 12.1 Å². The Hall–Kier alpha value is -1.62. The van der Waals surface area contributed by atoms with E-state index in [-0.39, 0.29) is 6.04 Å². The highest BCUT2D eigenvalue weighted by Gasteiger charge is 2.29. The molecule has 1 fully saturated rings. The maximum atomic E-state index is 11.6. The molecular formula is C15H24N4O. The number of pyridine rings is 1. The van der Waals surface area contributed by atoms with Crippen molar-refractivity contribution in [3.8, 4) is 0 Å². The molecule has 2 unspecified atom stereocenters. The van der Waals surface area contributed by atoms with Crippen LogP contribution in [0, 0.1) is 12.8 Å². The minimum Gasteiger partial charge on any atom is -0.365 e. The Bertz CT molecular complexity index is 489. The first-order valence-electron chi connectivity index (χ1n) is 7.31. The van der Waals surface area contributed by atoms with Gasteiger partial charge in [0, 0.05) is 24.8 Å². The molecule has 1 aromatic rings. The van der Waals surface area contributed by atoms with Crippen LogP contribution in [0.25, 0.3) is 0 Å². The molecule has 1 amide bonds. The number of aryl methyl sites for hydroxylation is 1. The SMILES string of the molecule is CCC1CCN(c2nc(C)ccc2C(N)=O)C(CN)C1. The molecule has 1 aliphatic rings. The fourth-order valence-electron chi connectivity index (χ4n) is 2.96. The smallest absolute Gasteiger partial charge is 0.252 e. The van der Waals surface area contributed by atoms with E-state index < -0.39 is 5.91 Å². The fourth-order valence-corrected chi connectivity index (χ4v) is 2.96. The lowest BCUT2D eigenvalue weighted by molar-refractivity contribution is 0.1000. The van der Waals surface area contributed by atoms with Crippen molar-refractivity contribution >= 4 is 11.7 Å². The summed E-state index contributed by atoms with van der Waals surface area (Å²) < 4.78 is 0. The largest absolute Gasteiger partial charge is 0.365 e. The van der Waals surface area contributed by atoms with Crippen LogP contribution in [0.4, 0.5) is 5.82 Å². The molecule has 5 heteroatoms. The zero-order valence-corrected chi connectivity index (χ0v) is 12.3. The quantitative estimate of drug-likeness (QED) is 0.871. The standard InChI is InChI=1S/C15H24N4O/c1-3-11-6-7-19(12(8-11)9-16)15-13(14(17)20)5-4-10(2)18-15/h4-5,11-12H,3,6-9,16H2,1-2H3,(H2,17,20). The number of nitrogens with two attached hydrogens (primary N) is 2. The molecule has 0 radical (unpaired) electrons. The summed E-state index contributed by atoms with van der Waals surface area (Å²) in [5.74, 6) is 0.977. The summed E-state index contributed by atoms with van der Waals surface area (Å²) in [6, 6.07) is 3.82. The molecule has 2 heterocycles. The molecule has 1 aromatic heterocycles. The number of rotatable bonds is 4. The van der Waals surface area contributed by atoms with Crippen molar-refractivity contribution in [2.75, 3.05) is 18.0 Å². The van der Waals surface area contributed by atoms with Gasteiger partial charge in [0.1, 0.15) is 5.82 Å². The van der Waals surface area contributed by atoms with Gasteiger partial charge >= 0.3 is 0 Å². The van der Waals surface area contributed by atoms with E-state index in [0.29, 0.717) is 23.8 Å². The Balaban J connectivity index is 2.34. The van der Waals surface area contributed by atoms with E-state index in [2.05, 4.69) is 16.8 Å². The number of amides is 1. The monoisotopic (exact) mass is 276 g/mol. The number of aromatic nitrogens is 1. The average molecular weight is 276 g/mol. The van der Waals surface area contributed by atoms with Crippen molar-refractivity contribution in [2.24, 2.45) is 17.4 Å². The molecular weight excluding hydrogens is 252 g/mol. The number of carbonyl (C=O) groups excluding carboxylic acids is 1. The van der Waals surface area contributed by atoms with Gasteiger partial charge in [0.05, 0.1) is 5.56 Å². The van der Waals surface area contributed by atoms with Crippen molar-refractivity contribution in [3.05, 3.63) is 23.4 Å². The van der Waals surface area contributed by atoms with Gasteiger partial charge in [0.2, 0.25) is 0 Å². The third-order valence-corrected chi connectivity index (χ3v) is 4.23. The molecule has 4 N–H and O–H groups in total. The van der Waals surface area contributed by atoms with Gasteiger partial charge < -0.3 is 16.4 Å². The van der Waals surface area contributed by atoms with Crippen LogP contribution >= 0.6 is 0 Å². The van der Waals surface area contributed by atoms with E-state index in [9.17, 15) is 4.79 Å². The highest BCUT2D eigenvalue weighted by molar-refractivity contribution is 5.97. The predicted octanol–water partition coefficient (Wildman–Crippen LogP) is 1.44. The van der Waals surface area contributed by atoms with Crippen LogP contribution in [-0.4, -0.2) is 30.0 Å². The fraction of sp³-hybridized carbons (Fsp3) is 0.600. The van der Waals surface area contributed by atoms with Gasteiger partial charge in [-0.15, -0.1) is 0 Å². The Labute approximate surface area is 120 Å². The topological polar surface area (TPSA) is 85.2 Å². The number of carbonyl (C=O) groups is 1. The molecule has 0 saturated carbocycles. The van der Waals surface area contributed by atoms with E-state index in [1.54, 1.807) is 6.07 Å². The van der Waals surface area contributed by atoms with Gasteiger partial charge in [-0.25, -0.2) is 4.98 Å². The number of hydrogen-bond acceptors (Lipinski definition) is 4. The summed E-state index contributed by atoms with van der Waals surface area (Å²) in [5, 5.41) is 0.